The van der Waals surface area contributed by atoms with Crippen LogP contribution in [0.5, 0.6) is 0 Å². The predicted molar refractivity (Wildman–Crippen MR) is 37.5 cm³/mol. The Labute approximate surface area is 60.6 Å². The van der Waals surface area contributed by atoms with E-state index in [1.54, 1.807) is 18.9 Å². The smallest absolute Gasteiger partial charge is 0.254 e. The minimum atomic E-state index is -1.12. The minimum absolute atomic E-state index is 0.167. The van der Waals surface area contributed by atoms with Crippen LogP contribution in [0.15, 0.2) is 0 Å². The number of aliphatic hydroxyl groups is 1. The van der Waals surface area contributed by atoms with Crippen LogP contribution in [0.3, 0.4) is 0 Å². The van der Waals surface area contributed by atoms with E-state index >= 15 is 0 Å². The van der Waals surface area contributed by atoms with Crippen molar-refractivity contribution in [1.29, 1.82) is 0 Å². The Kier molecular flexibility index (Phi) is 1.47. The molecule has 0 aromatic rings. The fraction of sp³-hybridized carbons (Fsp3) is 0.857. The van der Waals surface area contributed by atoms with Gasteiger partial charge in [-0.3, -0.25) is 4.79 Å². The van der Waals surface area contributed by atoms with Gasteiger partial charge in [-0.1, -0.05) is 0 Å². The van der Waals surface area contributed by atoms with Gasteiger partial charge in [0.1, 0.15) is 5.60 Å². The van der Waals surface area contributed by atoms with Crippen molar-refractivity contribution >= 4 is 5.91 Å². The van der Waals surface area contributed by atoms with E-state index in [2.05, 4.69) is 0 Å². The molecule has 1 rings (SSSR count). The Morgan fingerprint density at radius 2 is 2.30 bits per heavy atom. The van der Waals surface area contributed by atoms with Gasteiger partial charge < -0.3 is 10.0 Å². The van der Waals surface area contributed by atoms with Gasteiger partial charge in [-0.2, -0.15) is 0 Å². The zero-order chi connectivity index (χ0) is 7.94. The lowest BCUT2D eigenvalue weighted by Gasteiger charge is -2.14. The van der Waals surface area contributed by atoms with Crippen LogP contribution in [-0.2, 0) is 4.79 Å². The lowest BCUT2D eigenvalue weighted by molar-refractivity contribution is -0.140. The molecule has 1 aliphatic rings. The summed E-state index contributed by atoms with van der Waals surface area (Å²) >= 11 is 0. The Balaban J connectivity index is 2.82. The summed E-state index contributed by atoms with van der Waals surface area (Å²) in [6.07, 6.45) is 0.544. The SMILES string of the molecule is CC1CC(C)(O)C(=O)N1C. The second-order valence-corrected chi connectivity index (χ2v) is 3.24. The largest absolute Gasteiger partial charge is 0.380 e. The third kappa shape index (κ3) is 0.904. The van der Waals surface area contributed by atoms with Crippen LogP contribution in [0, 0.1) is 0 Å². The highest BCUT2D eigenvalue weighted by Crippen LogP contribution is 2.25. The number of likely N-dealkylation sites (N-methyl/N-ethyl adjacent to an activating group) is 1. The van der Waals surface area contributed by atoms with Crippen LogP contribution in [0.1, 0.15) is 20.3 Å². The third-order valence-electron chi connectivity index (χ3n) is 2.14. The van der Waals surface area contributed by atoms with Crippen molar-refractivity contribution in [2.75, 3.05) is 7.05 Å². The van der Waals surface area contributed by atoms with E-state index in [-0.39, 0.29) is 11.9 Å². The molecule has 3 heteroatoms. The van der Waals surface area contributed by atoms with Crippen molar-refractivity contribution in [3.63, 3.8) is 0 Å². The predicted octanol–water partition coefficient (Wildman–Crippen LogP) is -0.0120. The third-order valence-corrected chi connectivity index (χ3v) is 2.14. The highest BCUT2D eigenvalue weighted by Gasteiger charge is 2.43. The van der Waals surface area contributed by atoms with Gasteiger partial charge in [0.05, 0.1) is 0 Å². The summed E-state index contributed by atoms with van der Waals surface area (Å²) in [5.41, 5.74) is -1.12. The first-order valence-corrected chi connectivity index (χ1v) is 3.45. The van der Waals surface area contributed by atoms with E-state index in [1.807, 2.05) is 6.92 Å². The number of rotatable bonds is 0. The van der Waals surface area contributed by atoms with Gasteiger partial charge in [0.2, 0.25) is 0 Å². The molecule has 1 fully saturated rings. The van der Waals surface area contributed by atoms with Crippen LogP contribution in [0.25, 0.3) is 0 Å². The van der Waals surface area contributed by atoms with E-state index in [4.69, 9.17) is 0 Å². The van der Waals surface area contributed by atoms with Gasteiger partial charge in [0, 0.05) is 19.5 Å². The normalized spacial score (nSPS) is 41.0. The molecule has 1 saturated heterocycles. The standard InChI is InChI=1S/C7H13NO2/c1-5-4-7(2,10)6(9)8(5)3/h5,10H,4H2,1-3H3. The van der Waals surface area contributed by atoms with Crippen molar-refractivity contribution in [1.82, 2.24) is 4.90 Å². The van der Waals surface area contributed by atoms with E-state index < -0.39 is 5.60 Å². The van der Waals surface area contributed by atoms with E-state index in [0.29, 0.717) is 6.42 Å². The van der Waals surface area contributed by atoms with E-state index in [9.17, 15) is 9.90 Å². The van der Waals surface area contributed by atoms with Crippen molar-refractivity contribution in [3.8, 4) is 0 Å². The molecule has 0 aromatic carbocycles. The Morgan fingerprint density at radius 1 is 1.80 bits per heavy atom. The van der Waals surface area contributed by atoms with Gasteiger partial charge in [0.25, 0.3) is 5.91 Å². The fourth-order valence-corrected chi connectivity index (χ4v) is 1.38. The summed E-state index contributed by atoms with van der Waals surface area (Å²) in [5.74, 6) is -0.167. The molecule has 0 aliphatic carbocycles. The molecule has 0 aromatic heterocycles. The average molecular weight is 143 g/mol. The first-order valence-electron chi connectivity index (χ1n) is 3.45. The molecule has 1 N–H and O–H groups in total. The highest BCUT2D eigenvalue weighted by molar-refractivity contribution is 5.86. The molecule has 1 heterocycles. The number of likely N-dealkylation sites (tertiary alicyclic amines) is 1. The van der Waals surface area contributed by atoms with Crippen LogP contribution in [-0.4, -0.2) is 34.6 Å². The molecule has 1 amide bonds. The zero-order valence-electron chi connectivity index (χ0n) is 6.59. The molecular formula is C7H13NO2. The Hall–Kier alpha value is -0.570. The Morgan fingerprint density at radius 3 is 2.40 bits per heavy atom. The van der Waals surface area contributed by atoms with Crippen LogP contribution >= 0.6 is 0 Å². The van der Waals surface area contributed by atoms with E-state index in [0.717, 1.165) is 0 Å². The molecule has 2 unspecified atom stereocenters. The van der Waals surface area contributed by atoms with Gasteiger partial charge >= 0.3 is 0 Å². The van der Waals surface area contributed by atoms with Crippen LogP contribution < -0.4 is 0 Å². The summed E-state index contributed by atoms with van der Waals surface area (Å²) in [6, 6.07) is 0.169. The maximum atomic E-state index is 11.1. The molecule has 0 bridgehead atoms. The molecule has 3 nitrogen and oxygen atoms in total. The van der Waals surface area contributed by atoms with Gasteiger partial charge in [-0.15, -0.1) is 0 Å². The minimum Gasteiger partial charge on any atom is -0.380 e. The number of carbonyl (C=O) groups excluding carboxylic acids is 1. The number of hydrogen-bond acceptors (Lipinski definition) is 2. The lowest BCUT2D eigenvalue weighted by atomic mass is 10.0. The molecule has 2 atom stereocenters. The second kappa shape index (κ2) is 1.95. The van der Waals surface area contributed by atoms with Crippen LogP contribution in [0.2, 0.25) is 0 Å². The summed E-state index contributed by atoms with van der Waals surface area (Å²) in [5, 5.41) is 9.41. The van der Waals surface area contributed by atoms with Gasteiger partial charge in [-0.05, 0) is 13.8 Å². The molecule has 0 saturated carbocycles. The number of nitrogens with zero attached hydrogens (tertiary/aromatic N) is 1. The fourth-order valence-electron chi connectivity index (χ4n) is 1.38. The average Bonchev–Trinajstić information content (AvgIpc) is 1.95. The molecular weight excluding hydrogens is 130 g/mol. The summed E-state index contributed by atoms with van der Waals surface area (Å²) in [6.45, 7) is 3.49. The number of carbonyl (C=O) groups is 1. The summed E-state index contributed by atoms with van der Waals surface area (Å²) in [4.78, 5) is 12.7. The van der Waals surface area contributed by atoms with E-state index in [1.165, 1.54) is 0 Å². The molecule has 1 aliphatic heterocycles. The molecule has 10 heavy (non-hydrogen) atoms. The van der Waals surface area contributed by atoms with Crippen molar-refractivity contribution in [2.45, 2.75) is 31.9 Å². The first-order chi connectivity index (χ1) is 4.45. The van der Waals surface area contributed by atoms with Gasteiger partial charge in [-0.25, -0.2) is 0 Å². The molecule has 0 spiro atoms. The summed E-state index contributed by atoms with van der Waals surface area (Å²) in [7, 11) is 1.72. The first kappa shape index (κ1) is 7.54. The Bertz CT molecular complexity index is 165. The molecule has 0 radical (unpaired) electrons. The zero-order valence-corrected chi connectivity index (χ0v) is 6.59. The maximum absolute atomic E-state index is 11.1. The maximum Gasteiger partial charge on any atom is 0.254 e. The lowest BCUT2D eigenvalue weighted by Crippen LogP contribution is -2.35. The quantitative estimate of drug-likeness (QED) is 0.518. The van der Waals surface area contributed by atoms with Crippen molar-refractivity contribution in [3.05, 3.63) is 0 Å². The number of hydrogen-bond donors (Lipinski definition) is 1. The monoisotopic (exact) mass is 143 g/mol. The van der Waals surface area contributed by atoms with Crippen molar-refractivity contribution < 1.29 is 9.90 Å². The number of amides is 1. The molecule has 58 valence electrons. The highest BCUT2D eigenvalue weighted by atomic mass is 16.3. The van der Waals surface area contributed by atoms with Gasteiger partial charge in [0.15, 0.2) is 0 Å². The second-order valence-electron chi connectivity index (χ2n) is 3.24. The van der Waals surface area contributed by atoms with Crippen molar-refractivity contribution in [2.24, 2.45) is 0 Å². The topological polar surface area (TPSA) is 40.5 Å². The van der Waals surface area contributed by atoms with Crippen LogP contribution in [0.4, 0.5) is 0 Å². The summed E-state index contributed by atoms with van der Waals surface area (Å²) < 4.78 is 0.